The Hall–Kier alpha value is -1.10. The number of ether oxygens (including phenoxy) is 1. The third-order valence-corrected chi connectivity index (χ3v) is 3.09. The molecule has 0 unspecified atom stereocenters. The van der Waals surface area contributed by atoms with Crippen molar-refractivity contribution in [3.05, 3.63) is 0 Å². The first kappa shape index (κ1) is 14.0. The van der Waals surface area contributed by atoms with Crippen LogP contribution in [0.2, 0.25) is 0 Å². The summed E-state index contributed by atoms with van der Waals surface area (Å²) in [6, 6.07) is -0.864. The number of aliphatic carboxylic acids is 1. The van der Waals surface area contributed by atoms with E-state index in [1.807, 2.05) is 0 Å². The smallest absolute Gasteiger partial charge is 0.325 e. The van der Waals surface area contributed by atoms with E-state index in [0.29, 0.717) is 5.92 Å². The zero-order chi connectivity index (χ0) is 12.8. The van der Waals surface area contributed by atoms with Crippen LogP contribution in [-0.2, 0) is 14.3 Å². The molecule has 0 aromatic heterocycles. The topological polar surface area (TPSA) is 75.6 Å². The lowest BCUT2D eigenvalue weighted by atomic mass is 9.89. The van der Waals surface area contributed by atoms with Crippen molar-refractivity contribution in [2.24, 2.45) is 5.92 Å². The number of carbonyl (C=O) groups is 2. The Bertz CT molecular complexity index is 280. The Morgan fingerprint density at radius 2 is 2.18 bits per heavy atom. The molecule has 1 aliphatic carbocycles. The largest absolute Gasteiger partial charge is 0.480 e. The number of hydrogen-bond donors (Lipinski definition) is 2. The Balaban J connectivity index is 2.21. The molecule has 2 N–H and O–H groups in total. The molecule has 1 rings (SSSR count). The Morgan fingerprint density at radius 1 is 1.47 bits per heavy atom. The Labute approximate surface area is 102 Å². The summed E-state index contributed by atoms with van der Waals surface area (Å²) in [6.45, 7) is 3.57. The third-order valence-electron chi connectivity index (χ3n) is 3.09. The molecule has 1 saturated carbocycles. The predicted octanol–water partition coefficient (Wildman–Crippen LogP) is 1.17. The molecule has 1 amide bonds. The molecular formula is C12H21NO4. The molecule has 98 valence electrons. The summed E-state index contributed by atoms with van der Waals surface area (Å²) in [5, 5.41) is 11.0. The van der Waals surface area contributed by atoms with Crippen LogP contribution in [0.25, 0.3) is 0 Å². The van der Waals surface area contributed by atoms with E-state index < -0.39 is 12.0 Å². The fourth-order valence-corrected chi connectivity index (χ4v) is 2.07. The number of nitrogens with one attached hydrogen (secondary N) is 1. The van der Waals surface area contributed by atoms with E-state index in [1.54, 1.807) is 0 Å². The van der Waals surface area contributed by atoms with E-state index in [4.69, 9.17) is 9.84 Å². The van der Waals surface area contributed by atoms with Gasteiger partial charge >= 0.3 is 5.97 Å². The zero-order valence-corrected chi connectivity index (χ0v) is 10.4. The van der Waals surface area contributed by atoms with Crippen molar-refractivity contribution < 1.29 is 19.4 Å². The van der Waals surface area contributed by atoms with Gasteiger partial charge in [0, 0.05) is 0 Å². The summed E-state index contributed by atoms with van der Waals surface area (Å²) < 4.78 is 5.49. The number of carbonyl (C=O) groups excluding carboxylic acids is 1. The molecule has 0 radical (unpaired) electrons. The van der Waals surface area contributed by atoms with Gasteiger partial charge in [-0.25, -0.2) is 0 Å². The minimum Gasteiger partial charge on any atom is -0.480 e. The Kier molecular flexibility index (Phi) is 5.41. The summed E-state index contributed by atoms with van der Waals surface area (Å²) in [4.78, 5) is 21.9. The molecule has 1 fully saturated rings. The summed E-state index contributed by atoms with van der Waals surface area (Å²) in [7, 11) is 0. The van der Waals surface area contributed by atoms with Gasteiger partial charge in [0.05, 0.1) is 6.10 Å². The highest BCUT2D eigenvalue weighted by Crippen LogP contribution is 2.25. The molecule has 0 spiro atoms. The summed E-state index contributed by atoms with van der Waals surface area (Å²) in [5.74, 6) is -0.752. The van der Waals surface area contributed by atoms with Crippen LogP contribution in [0.4, 0.5) is 0 Å². The molecule has 0 aliphatic heterocycles. The SMILES string of the molecule is C[C@@H]1CCC[C@@H](OCC(=O)N[C@@H](C)C(=O)O)C1. The normalized spacial score (nSPS) is 26.2. The molecule has 5 nitrogen and oxygen atoms in total. The molecule has 0 saturated heterocycles. The quantitative estimate of drug-likeness (QED) is 0.760. The predicted molar refractivity (Wildman–Crippen MR) is 62.6 cm³/mol. The van der Waals surface area contributed by atoms with Gasteiger partial charge in [-0.3, -0.25) is 9.59 Å². The van der Waals surface area contributed by atoms with E-state index in [0.717, 1.165) is 19.3 Å². The molecular weight excluding hydrogens is 222 g/mol. The fourth-order valence-electron chi connectivity index (χ4n) is 2.07. The Morgan fingerprint density at radius 3 is 2.76 bits per heavy atom. The lowest BCUT2D eigenvalue weighted by Gasteiger charge is -2.26. The van der Waals surface area contributed by atoms with Gasteiger partial charge in [0.2, 0.25) is 5.91 Å². The number of hydrogen-bond acceptors (Lipinski definition) is 3. The van der Waals surface area contributed by atoms with Crippen molar-refractivity contribution in [2.75, 3.05) is 6.61 Å². The van der Waals surface area contributed by atoms with Gasteiger partial charge < -0.3 is 15.2 Å². The first-order valence-corrected chi connectivity index (χ1v) is 6.12. The van der Waals surface area contributed by atoms with E-state index in [2.05, 4.69) is 12.2 Å². The molecule has 3 atom stereocenters. The molecule has 0 aromatic rings. The third kappa shape index (κ3) is 5.17. The second-order valence-electron chi connectivity index (χ2n) is 4.83. The van der Waals surface area contributed by atoms with Crippen LogP contribution in [0.3, 0.4) is 0 Å². The first-order valence-electron chi connectivity index (χ1n) is 6.12. The highest BCUT2D eigenvalue weighted by atomic mass is 16.5. The van der Waals surface area contributed by atoms with Crippen molar-refractivity contribution in [3.8, 4) is 0 Å². The molecule has 0 heterocycles. The second kappa shape index (κ2) is 6.59. The van der Waals surface area contributed by atoms with Gasteiger partial charge in [0.1, 0.15) is 12.6 Å². The number of carboxylic acid groups (broad SMARTS) is 1. The lowest BCUT2D eigenvalue weighted by molar-refractivity contribution is -0.142. The van der Waals surface area contributed by atoms with Crippen LogP contribution in [0, 0.1) is 5.92 Å². The van der Waals surface area contributed by atoms with Crippen LogP contribution >= 0.6 is 0 Å². The monoisotopic (exact) mass is 243 g/mol. The van der Waals surface area contributed by atoms with Crippen LogP contribution in [0.15, 0.2) is 0 Å². The van der Waals surface area contributed by atoms with Gasteiger partial charge in [-0.1, -0.05) is 19.8 Å². The van der Waals surface area contributed by atoms with Crippen LogP contribution in [-0.4, -0.2) is 35.7 Å². The van der Waals surface area contributed by atoms with Crippen molar-refractivity contribution in [2.45, 2.75) is 51.7 Å². The maximum absolute atomic E-state index is 11.4. The lowest BCUT2D eigenvalue weighted by Crippen LogP contribution is -2.41. The van der Waals surface area contributed by atoms with Gasteiger partial charge in [-0.2, -0.15) is 0 Å². The summed E-state index contributed by atoms with van der Waals surface area (Å²) in [5.41, 5.74) is 0. The van der Waals surface area contributed by atoms with Crippen molar-refractivity contribution in [3.63, 3.8) is 0 Å². The summed E-state index contributed by atoms with van der Waals surface area (Å²) in [6.07, 6.45) is 4.49. The van der Waals surface area contributed by atoms with Gasteiger partial charge in [-0.05, 0) is 25.7 Å². The van der Waals surface area contributed by atoms with Gasteiger partial charge in [0.15, 0.2) is 0 Å². The van der Waals surface area contributed by atoms with Gasteiger partial charge in [-0.15, -0.1) is 0 Å². The molecule has 17 heavy (non-hydrogen) atoms. The standard InChI is InChI=1S/C12H21NO4/c1-8-4-3-5-10(6-8)17-7-11(14)13-9(2)12(15)16/h8-10H,3-7H2,1-2H3,(H,13,14)(H,15,16)/t8-,9+,10-/m1/s1. The van der Waals surface area contributed by atoms with E-state index in [-0.39, 0.29) is 18.6 Å². The second-order valence-corrected chi connectivity index (χ2v) is 4.83. The number of amides is 1. The van der Waals surface area contributed by atoms with Crippen molar-refractivity contribution in [1.82, 2.24) is 5.32 Å². The van der Waals surface area contributed by atoms with E-state index in [1.165, 1.54) is 13.3 Å². The van der Waals surface area contributed by atoms with Crippen molar-refractivity contribution >= 4 is 11.9 Å². The fraction of sp³-hybridized carbons (Fsp3) is 0.833. The molecule has 1 aliphatic rings. The number of carboxylic acids is 1. The molecule has 5 heteroatoms. The van der Waals surface area contributed by atoms with Gasteiger partial charge in [0.25, 0.3) is 0 Å². The maximum atomic E-state index is 11.4. The highest BCUT2D eigenvalue weighted by Gasteiger charge is 2.21. The maximum Gasteiger partial charge on any atom is 0.325 e. The average Bonchev–Trinajstić information content (AvgIpc) is 2.26. The van der Waals surface area contributed by atoms with Crippen LogP contribution < -0.4 is 5.32 Å². The minimum atomic E-state index is -1.04. The van der Waals surface area contributed by atoms with E-state index >= 15 is 0 Å². The summed E-state index contributed by atoms with van der Waals surface area (Å²) >= 11 is 0. The molecule has 0 aromatic carbocycles. The van der Waals surface area contributed by atoms with Crippen LogP contribution in [0.1, 0.15) is 39.5 Å². The highest BCUT2D eigenvalue weighted by molar-refractivity contribution is 5.83. The average molecular weight is 243 g/mol. The number of rotatable bonds is 5. The minimum absolute atomic E-state index is 0.0466. The zero-order valence-electron chi connectivity index (χ0n) is 10.4. The van der Waals surface area contributed by atoms with Crippen molar-refractivity contribution in [1.29, 1.82) is 0 Å². The van der Waals surface area contributed by atoms with E-state index in [9.17, 15) is 9.59 Å². The molecule has 0 bridgehead atoms. The van der Waals surface area contributed by atoms with Crippen LogP contribution in [0.5, 0.6) is 0 Å². The first-order chi connectivity index (χ1) is 7.99.